The first-order valence-corrected chi connectivity index (χ1v) is 12.7. The number of fused-ring (bicyclic) bond motifs is 1. The number of hydrogen-bond donors (Lipinski definition) is 1. The number of carbonyl (C=O) groups excluding carboxylic acids is 1. The van der Waals surface area contributed by atoms with Crippen LogP contribution in [0.2, 0.25) is 0 Å². The van der Waals surface area contributed by atoms with Gasteiger partial charge in [-0.1, -0.05) is 18.2 Å². The van der Waals surface area contributed by atoms with E-state index >= 15 is 0 Å². The highest BCUT2D eigenvalue weighted by atomic mass is 32.1. The first kappa shape index (κ1) is 22.4. The molecule has 1 aliphatic heterocycles. The van der Waals surface area contributed by atoms with Crippen LogP contribution in [0.25, 0.3) is 21.0 Å². The van der Waals surface area contributed by atoms with E-state index in [4.69, 9.17) is 4.74 Å². The van der Waals surface area contributed by atoms with Crippen molar-refractivity contribution in [2.45, 2.75) is 51.7 Å². The molecule has 5 rings (SSSR count). The fourth-order valence-corrected chi connectivity index (χ4v) is 5.80. The van der Waals surface area contributed by atoms with Crippen LogP contribution in [0.5, 0.6) is 5.75 Å². The fraction of sp³-hybridized carbons (Fsp3) is 0.370. The van der Waals surface area contributed by atoms with Crippen molar-refractivity contribution < 1.29 is 9.53 Å². The summed E-state index contributed by atoms with van der Waals surface area (Å²) in [6.07, 6.45) is 5.96. The zero-order chi connectivity index (χ0) is 23.7. The van der Waals surface area contributed by atoms with Crippen molar-refractivity contribution >= 4 is 17.4 Å². The maximum atomic E-state index is 12.6. The summed E-state index contributed by atoms with van der Waals surface area (Å²) < 4.78 is 5.75. The van der Waals surface area contributed by atoms with Gasteiger partial charge in [-0.3, -0.25) is 0 Å². The summed E-state index contributed by atoms with van der Waals surface area (Å²) in [6, 6.07) is 14.3. The Morgan fingerprint density at radius 2 is 2.09 bits per heavy atom. The molecule has 34 heavy (non-hydrogen) atoms. The van der Waals surface area contributed by atoms with Crippen molar-refractivity contribution in [1.29, 1.82) is 5.26 Å². The molecule has 2 aliphatic rings. The van der Waals surface area contributed by atoms with E-state index in [1.54, 1.807) is 11.3 Å². The average Bonchev–Trinajstić information content (AvgIpc) is 3.60. The van der Waals surface area contributed by atoms with Crippen LogP contribution in [0.3, 0.4) is 0 Å². The van der Waals surface area contributed by atoms with Crippen LogP contribution in [0, 0.1) is 11.3 Å². The van der Waals surface area contributed by atoms with Crippen LogP contribution in [0.4, 0.5) is 4.79 Å². The molecule has 7 heteroatoms. The molecule has 2 amide bonds. The van der Waals surface area contributed by atoms with Crippen LogP contribution in [0.15, 0.2) is 42.6 Å². The summed E-state index contributed by atoms with van der Waals surface area (Å²) in [5.74, 6) is 0.598. The molecular weight excluding hydrogens is 444 g/mol. The Morgan fingerprint density at radius 1 is 1.26 bits per heavy atom. The minimum Gasteiger partial charge on any atom is -0.490 e. The van der Waals surface area contributed by atoms with E-state index < -0.39 is 0 Å². The van der Waals surface area contributed by atoms with E-state index in [1.165, 1.54) is 16.7 Å². The number of carbonyl (C=O) groups is 1. The fourth-order valence-electron chi connectivity index (χ4n) is 4.83. The van der Waals surface area contributed by atoms with Crippen molar-refractivity contribution in [3.05, 3.63) is 59.3 Å². The molecular formula is C27H28N4O2S. The largest absolute Gasteiger partial charge is 0.490 e. The van der Waals surface area contributed by atoms with Gasteiger partial charge in [-0.05, 0) is 74.4 Å². The molecule has 0 saturated carbocycles. The summed E-state index contributed by atoms with van der Waals surface area (Å²) in [5, 5.41) is 13.7. The number of hydrogen-bond acceptors (Lipinski definition) is 5. The summed E-state index contributed by atoms with van der Waals surface area (Å²) >= 11 is 1.62. The van der Waals surface area contributed by atoms with Crippen LogP contribution >= 0.6 is 11.3 Å². The van der Waals surface area contributed by atoms with Crippen LogP contribution in [0.1, 0.15) is 55.8 Å². The lowest BCUT2D eigenvalue weighted by Crippen LogP contribution is -2.39. The van der Waals surface area contributed by atoms with E-state index in [1.807, 2.05) is 43.1 Å². The Kier molecular flexibility index (Phi) is 6.25. The van der Waals surface area contributed by atoms with E-state index in [0.717, 1.165) is 54.2 Å². The number of ether oxygens (including phenoxy) is 1. The predicted octanol–water partition coefficient (Wildman–Crippen LogP) is 5.93. The molecule has 1 saturated heterocycles. The second kappa shape index (κ2) is 9.47. The van der Waals surface area contributed by atoms with Gasteiger partial charge in [0.2, 0.25) is 0 Å². The molecule has 1 aliphatic carbocycles. The molecule has 2 heterocycles. The number of benzene rings is 2. The molecule has 1 atom stereocenters. The lowest BCUT2D eigenvalue weighted by molar-refractivity contribution is 0.204. The minimum absolute atomic E-state index is 0.00792. The highest BCUT2D eigenvalue weighted by molar-refractivity contribution is 7.18. The third-order valence-corrected chi connectivity index (χ3v) is 7.52. The number of thiazole rings is 1. The Morgan fingerprint density at radius 3 is 2.85 bits per heavy atom. The highest BCUT2D eigenvalue weighted by Crippen LogP contribution is 2.41. The van der Waals surface area contributed by atoms with Crippen molar-refractivity contribution in [3.8, 4) is 32.8 Å². The van der Waals surface area contributed by atoms with Crippen molar-refractivity contribution in [2.24, 2.45) is 0 Å². The van der Waals surface area contributed by atoms with Crippen LogP contribution in [-0.4, -0.2) is 35.1 Å². The second-order valence-corrected chi connectivity index (χ2v) is 10.2. The van der Waals surface area contributed by atoms with Gasteiger partial charge in [-0.25, -0.2) is 9.78 Å². The number of rotatable bonds is 5. The Labute approximate surface area is 204 Å². The maximum absolute atomic E-state index is 12.6. The van der Waals surface area contributed by atoms with Crippen LogP contribution in [-0.2, 0) is 6.42 Å². The van der Waals surface area contributed by atoms with E-state index in [9.17, 15) is 10.1 Å². The Bertz CT molecular complexity index is 1250. The summed E-state index contributed by atoms with van der Waals surface area (Å²) in [6.45, 7) is 5.60. The van der Waals surface area contributed by atoms with Crippen molar-refractivity contribution in [1.82, 2.24) is 15.2 Å². The third-order valence-electron chi connectivity index (χ3n) is 6.44. The number of aromatic nitrogens is 1. The van der Waals surface area contributed by atoms with Gasteiger partial charge in [0.05, 0.1) is 22.6 Å². The Hall–Kier alpha value is -3.37. The van der Waals surface area contributed by atoms with Gasteiger partial charge in [0, 0.05) is 24.8 Å². The van der Waals surface area contributed by atoms with Gasteiger partial charge in [0.25, 0.3) is 0 Å². The zero-order valence-corrected chi connectivity index (χ0v) is 20.3. The summed E-state index contributed by atoms with van der Waals surface area (Å²) in [5.41, 5.74) is 5.11. The molecule has 1 fully saturated rings. The third kappa shape index (κ3) is 4.38. The summed E-state index contributed by atoms with van der Waals surface area (Å²) in [7, 11) is 0. The molecule has 0 spiro atoms. The number of nitriles is 1. The van der Waals surface area contributed by atoms with Crippen LogP contribution < -0.4 is 10.1 Å². The molecule has 2 aromatic carbocycles. The quantitative estimate of drug-likeness (QED) is 0.499. The maximum Gasteiger partial charge on any atom is 0.317 e. The van der Waals surface area contributed by atoms with E-state index in [-0.39, 0.29) is 18.2 Å². The number of likely N-dealkylation sites (tertiary alicyclic amines) is 1. The number of nitrogens with zero attached hydrogens (tertiary/aromatic N) is 3. The molecule has 0 unspecified atom stereocenters. The van der Waals surface area contributed by atoms with Gasteiger partial charge in [0.15, 0.2) is 0 Å². The lowest BCUT2D eigenvalue weighted by Gasteiger charge is -2.21. The highest BCUT2D eigenvalue weighted by Gasteiger charge is 2.29. The molecule has 0 bridgehead atoms. The molecule has 0 radical (unpaired) electrons. The first-order valence-electron chi connectivity index (χ1n) is 11.9. The summed E-state index contributed by atoms with van der Waals surface area (Å²) in [4.78, 5) is 20.3. The normalized spacial score (nSPS) is 17.0. The lowest BCUT2D eigenvalue weighted by atomic mass is 10.0. The Balaban J connectivity index is 1.39. The van der Waals surface area contributed by atoms with Gasteiger partial charge in [-0.2, -0.15) is 5.26 Å². The molecule has 174 valence electrons. The van der Waals surface area contributed by atoms with Crippen molar-refractivity contribution in [2.75, 3.05) is 13.1 Å². The SMILES string of the molecule is CC(C)Oc1ccc(-c2ncc(-c3cccc4c3CC[C@H]4NC(=O)N3CCCC3)s2)cc1C#N. The second-order valence-electron chi connectivity index (χ2n) is 9.13. The van der Waals surface area contributed by atoms with Crippen molar-refractivity contribution in [3.63, 3.8) is 0 Å². The zero-order valence-electron chi connectivity index (χ0n) is 19.5. The minimum atomic E-state index is 0.00792. The smallest absolute Gasteiger partial charge is 0.317 e. The first-order chi connectivity index (χ1) is 16.5. The number of urea groups is 1. The van der Waals surface area contributed by atoms with Gasteiger partial charge < -0.3 is 15.0 Å². The molecule has 3 aromatic rings. The van der Waals surface area contributed by atoms with E-state index in [0.29, 0.717) is 11.3 Å². The van der Waals surface area contributed by atoms with Gasteiger partial charge in [0.1, 0.15) is 16.8 Å². The number of amides is 2. The monoisotopic (exact) mass is 472 g/mol. The van der Waals surface area contributed by atoms with Gasteiger partial charge >= 0.3 is 6.03 Å². The van der Waals surface area contributed by atoms with E-state index in [2.05, 4.69) is 34.6 Å². The van der Waals surface area contributed by atoms with Gasteiger partial charge in [-0.15, -0.1) is 11.3 Å². The number of nitrogens with one attached hydrogen (secondary N) is 1. The average molecular weight is 473 g/mol. The molecule has 6 nitrogen and oxygen atoms in total. The topological polar surface area (TPSA) is 78.2 Å². The molecule has 1 aromatic heterocycles. The standard InChI is InChI=1S/C27H28N4O2S/c1-17(2)33-24-11-8-18(14-19(24)15-28)26-29-16-25(34-26)22-7-5-6-21-20(22)9-10-23(21)30-27(32)31-12-3-4-13-31/h5-8,11,14,16-17,23H,3-4,9-10,12-13H2,1-2H3,(H,30,32)/t23-/m1/s1. The predicted molar refractivity (Wildman–Crippen MR) is 134 cm³/mol. The molecule has 1 N–H and O–H groups in total.